The van der Waals surface area contributed by atoms with Gasteiger partial charge in [-0.3, -0.25) is 0 Å². The Morgan fingerprint density at radius 3 is 2.65 bits per heavy atom. The Kier molecular flexibility index (Phi) is 3.35. The topological polar surface area (TPSA) is 76.3 Å². The second kappa shape index (κ2) is 4.62. The van der Waals surface area contributed by atoms with Crippen LogP contribution in [0.1, 0.15) is 18.5 Å². The molecule has 0 aliphatic carbocycles. The monoisotopic (exact) mass is 255 g/mol. The van der Waals surface area contributed by atoms with E-state index in [9.17, 15) is 8.42 Å². The first-order valence-electron chi connectivity index (χ1n) is 5.65. The molecule has 0 bridgehead atoms. The highest BCUT2D eigenvalue weighted by Gasteiger charge is 2.22. The fourth-order valence-corrected chi connectivity index (χ4v) is 3.03. The van der Waals surface area contributed by atoms with Crippen LogP contribution in [-0.2, 0) is 9.84 Å². The number of hydrogen-bond donors (Lipinski definition) is 1. The second-order valence-corrected chi connectivity index (χ2v) is 6.68. The van der Waals surface area contributed by atoms with E-state index in [0.717, 1.165) is 11.4 Å². The van der Waals surface area contributed by atoms with Gasteiger partial charge >= 0.3 is 0 Å². The molecule has 0 radical (unpaired) electrons. The van der Waals surface area contributed by atoms with E-state index in [2.05, 4.69) is 4.98 Å². The van der Waals surface area contributed by atoms with E-state index < -0.39 is 9.84 Å². The molecule has 1 aliphatic heterocycles. The highest BCUT2D eigenvalue weighted by molar-refractivity contribution is 7.91. The lowest BCUT2D eigenvalue weighted by atomic mass is 10.1. The van der Waals surface area contributed by atoms with Crippen molar-refractivity contribution in [2.75, 3.05) is 29.5 Å². The number of nitrogens with zero attached hydrogens (tertiary/aromatic N) is 2. The lowest BCUT2D eigenvalue weighted by Crippen LogP contribution is -2.40. The van der Waals surface area contributed by atoms with Gasteiger partial charge in [0.2, 0.25) is 0 Å². The molecule has 94 valence electrons. The highest BCUT2D eigenvalue weighted by Crippen LogP contribution is 2.18. The van der Waals surface area contributed by atoms with E-state index >= 15 is 0 Å². The van der Waals surface area contributed by atoms with Crippen LogP contribution in [0.15, 0.2) is 18.3 Å². The van der Waals surface area contributed by atoms with E-state index in [1.54, 1.807) is 6.20 Å². The SMILES string of the molecule is CC(N)c1ccnc(N2CCS(=O)(=O)CC2)c1. The van der Waals surface area contributed by atoms with Gasteiger partial charge in [0.15, 0.2) is 9.84 Å². The zero-order chi connectivity index (χ0) is 12.5. The molecule has 2 rings (SSSR count). The average Bonchev–Trinajstić information content (AvgIpc) is 2.29. The van der Waals surface area contributed by atoms with Crippen molar-refractivity contribution in [1.29, 1.82) is 0 Å². The van der Waals surface area contributed by atoms with E-state index in [1.807, 2.05) is 24.0 Å². The number of nitrogens with two attached hydrogens (primary N) is 1. The Bertz CT molecular complexity index is 485. The van der Waals surface area contributed by atoms with E-state index in [0.29, 0.717) is 13.1 Å². The minimum atomic E-state index is -2.84. The predicted molar refractivity (Wildman–Crippen MR) is 67.7 cm³/mol. The maximum Gasteiger partial charge on any atom is 0.153 e. The van der Waals surface area contributed by atoms with E-state index in [1.165, 1.54) is 0 Å². The Balaban J connectivity index is 2.16. The molecule has 0 aromatic carbocycles. The van der Waals surface area contributed by atoms with Crippen LogP contribution in [-0.4, -0.2) is 38.0 Å². The first kappa shape index (κ1) is 12.3. The van der Waals surface area contributed by atoms with E-state index in [4.69, 9.17) is 5.73 Å². The third-order valence-electron chi connectivity index (χ3n) is 2.96. The van der Waals surface area contributed by atoms with E-state index in [-0.39, 0.29) is 17.5 Å². The number of hydrogen-bond acceptors (Lipinski definition) is 5. The molecule has 0 saturated carbocycles. The summed E-state index contributed by atoms with van der Waals surface area (Å²) < 4.78 is 22.7. The molecular formula is C11H17N3O2S. The molecule has 17 heavy (non-hydrogen) atoms. The summed E-state index contributed by atoms with van der Waals surface area (Å²) in [7, 11) is -2.84. The Hall–Kier alpha value is -1.14. The lowest BCUT2D eigenvalue weighted by Gasteiger charge is -2.28. The Morgan fingerprint density at radius 2 is 2.06 bits per heavy atom. The summed E-state index contributed by atoms with van der Waals surface area (Å²) >= 11 is 0. The van der Waals surface area contributed by atoms with Gasteiger partial charge in [0, 0.05) is 25.3 Å². The van der Waals surface area contributed by atoms with Crippen molar-refractivity contribution < 1.29 is 8.42 Å². The molecule has 2 N–H and O–H groups in total. The summed E-state index contributed by atoms with van der Waals surface area (Å²) in [6.45, 7) is 2.94. The largest absolute Gasteiger partial charge is 0.355 e. The quantitative estimate of drug-likeness (QED) is 0.824. The van der Waals surface area contributed by atoms with Crippen molar-refractivity contribution in [3.63, 3.8) is 0 Å². The van der Waals surface area contributed by atoms with Gasteiger partial charge in [-0.15, -0.1) is 0 Å². The molecule has 1 aromatic heterocycles. The van der Waals surface area contributed by atoms with Crippen LogP contribution in [0.25, 0.3) is 0 Å². The minimum absolute atomic E-state index is 0.0368. The van der Waals surface area contributed by atoms with Gasteiger partial charge < -0.3 is 10.6 Å². The molecule has 0 spiro atoms. The fraction of sp³-hybridized carbons (Fsp3) is 0.545. The standard InChI is InChI=1S/C11H17N3O2S/c1-9(12)10-2-3-13-11(8-10)14-4-6-17(15,16)7-5-14/h2-3,8-9H,4-7,12H2,1H3. The van der Waals surface area contributed by atoms with Gasteiger partial charge in [0.1, 0.15) is 5.82 Å². The summed E-state index contributed by atoms with van der Waals surface area (Å²) in [5.74, 6) is 1.23. The van der Waals surface area contributed by atoms with Gasteiger partial charge in [-0.2, -0.15) is 0 Å². The van der Waals surface area contributed by atoms with Crippen molar-refractivity contribution in [2.24, 2.45) is 5.73 Å². The van der Waals surface area contributed by atoms with Crippen LogP contribution in [0.2, 0.25) is 0 Å². The predicted octanol–water partition coefficient (Wildman–Crippen LogP) is 0.336. The molecule has 1 fully saturated rings. The molecule has 1 atom stereocenters. The van der Waals surface area contributed by atoms with Crippen LogP contribution < -0.4 is 10.6 Å². The normalized spacial score (nSPS) is 21.2. The molecule has 1 unspecified atom stereocenters. The van der Waals surface area contributed by atoms with Crippen molar-refractivity contribution in [3.05, 3.63) is 23.9 Å². The van der Waals surface area contributed by atoms with Crippen LogP contribution in [0, 0.1) is 0 Å². The summed E-state index contributed by atoms with van der Waals surface area (Å²) in [6, 6.07) is 3.78. The van der Waals surface area contributed by atoms with Gasteiger partial charge in [-0.1, -0.05) is 0 Å². The van der Waals surface area contributed by atoms with Gasteiger partial charge in [-0.25, -0.2) is 13.4 Å². The third kappa shape index (κ3) is 2.95. The number of sulfone groups is 1. The average molecular weight is 255 g/mol. The van der Waals surface area contributed by atoms with Crippen LogP contribution in [0.3, 0.4) is 0 Å². The highest BCUT2D eigenvalue weighted by atomic mass is 32.2. The summed E-state index contributed by atoms with van der Waals surface area (Å²) in [4.78, 5) is 6.26. The smallest absolute Gasteiger partial charge is 0.153 e. The molecular weight excluding hydrogens is 238 g/mol. The maximum atomic E-state index is 11.3. The lowest BCUT2D eigenvalue weighted by molar-refractivity contribution is 0.586. The number of anilines is 1. The minimum Gasteiger partial charge on any atom is -0.355 e. The van der Waals surface area contributed by atoms with Crippen LogP contribution in [0.4, 0.5) is 5.82 Å². The molecule has 0 amide bonds. The van der Waals surface area contributed by atoms with Crippen molar-refractivity contribution in [1.82, 2.24) is 4.98 Å². The van der Waals surface area contributed by atoms with Crippen molar-refractivity contribution >= 4 is 15.7 Å². The summed E-state index contributed by atoms with van der Waals surface area (Å²) in [5, 5.41) is 0. The van der Waals surface area contributed by atoms with Gasteiger partial charge in [-0.05, 0) is 24.6 Å². The molecule has 1 aliphatic rings. The third-order valence-corrected chi connectivity index (χ3v) is 4.57. The second-order valence-electron chi connectivity index (χ2n) is 4.37. The molecule has 2 heterocycles. The fourth-order valence-electron chi connectivity index (χ4n) is 1.83. The maximum absolute atomic E-state index is 11.3. The van der Waals surface area contributed by atoms with Crippen molar-refractivity contribution in [3.8, 4) is 0 Å². The molecule has 5 nitrogen and oxygen atoms in total. The van der Waals surface area contributed by atoms with Gasteiger partial charge in [0.25, 0.3) is 0 Å². The number of rotatable bonds is 2. The first-order chi connectivity index (χ1) is 7.98. The Morgan fingerprint density at radius 1 is 1.41 bits per heavy atom. The van der Waals surface area contributed by atoms with Crippen LogP contribution in [0.5, 0.6) is 0 Å². The van der Waals surface area contributed by atoms with Crippen LogP contribution >= 0.6 is 0 Å². The molecule has 6 heteroatoms. The summed E-state index contributed by atoms with van der Waals surface area (Å²) in [6.07, 6.45) is 1.72. The van der Waals surface area contributed by atoms with Crippen molar-refractivity contribution in [2.45, 2.75) is 13.0 Å². The molecule has 1 saturated heterocycles. The molecule has 1 aromatic rings. The summed E-state index contributed by atoms with van der Waals surface area (Å²) in [5.41, 5.74) is 6.83. The number of pyridine rings is 1. The zero-order valence-corrected chi connectivity index (χ0v) is 10.7. The number of aromatic nitrogens is 1. The Labute approximate surface area is 102 Å². The van der Waals surface area contributed by atoms with Gasteiger partial charge in [0.05, 0.1) is 11.5 Å². The zero-order valence-electron chi connectivity index (χ0n) is 9.83. The first-order valence-corrected chi connectivity index (χ1v) is 7.47.